The number of anilines is 1. The maximum absolute atomic E-state index is 7.43. The first-order chi connectivity index (χ1) is 7.07. The smallest absolute Gasteiger partial charge is 0.158 e. The molecular weight excluding hydrogens is 190 g/mol. The predicted molar refractivity (Wildman–Crippen MR) is 61.2 cm³/mol. The van der Waals surface area contributed by atoms with Gasteiger partial charge in [0.25, 0.3) is 0 Å². The Morgan fingerprint density at radius 2 is 2.07 bits per heavy atom. The Morgan fingerprint density at radius 1 is 1.47 bits per heavy atom. The lowest BCUT2D eigenvalue weighted by molar-refractivity contribution is 0.690. The Hall–Kier alpha value is -1.65. The van der Waals surface area contributed by atoms with Crippen molar-refractivity contribution in [1.82, 2.24) is 9.97 Å². The van der Waals surface area contributed by atoms with E-state index in [1.54, 1.807) is 12.4 Å². The largest absolute Gasteiger partial charge is 0.382 e. The van der Waals surface area contributed by atoms with Crippen LogP contribution in [0.1, 0.15) is 26.5 Å². The highest BCUT2D eigenvalue weighted by molar-refractivity contribution is 5.97. The van der Waals surface area contributed by atoms with E-state index in [4.69, 9.17) is 11.1 Å². The molecule has 3 N–H and O–H groups in total. The van der Waals surface area contributed by atoms with Gasteiger partial charge in [0.1, 0.15) is 11.5 Å². The second-order valence-corrected chi connectivity index (χ2v) is 3.52. The molecule has 0 spiro atoms. The quantitative estimate of drug-likeness (QED) is 0.570. The third-order valence-electron chi connectivity index (χ3n) is 2.17. The van der Waals surface area contributed by atoms with Crippen LogP contribution in [-0.4, -0.2) is 28.4 Å². The van der Waals surface area contributed by atoms with Crippen LogP contribution in [0, 0.1) is 5.41 Å². The highest BCUT2D eigenvalue weighted by Crippen LogP contribution is 2.16. The van der Waals surface area contributed by atoms with Crippen LogP contribution in [0.25, 0.3) is 0 Å². The number of nitrogens with zero attached hydrogens (tertiary/aromatic N) is 3. The molecule has 5 nitrogen and oxygen atoms in total. The predicted octanol–water partition coefficient (Wildman–Crippen LogP) is 0.995. The number of nitrogen functional groups attached to an aromatic ring is 1. The standard InChI is InChI=1S/C10H17N5/c1-4-15(7(2)3)10-8(9(11)12)13-5-6-14-10/h5-7H,4H2,1-3H3,(H3,11,12). The number of nitrogens with one attached hydrogen (secondary N) is 1. The molecule has 1 heterocycles. The monoisotopic (exact) mass is 207 g/mol. The first kappa shape index (κ1) is 11.4. The van der Waals surface area contributed by atoms with Crippen LogP contribution in [0.4, 0.5) is 5.82 Å². The lowest BCUT2D eigenvalue weighted by atomic mass is 10.2. The zero-order valence-corrected chi connectivity index (χ0v) is 9.36. The van der Waals surface area contributed by atoms with Crippen LogP contribution in [0.2, 0.25) is 0 Å². The van der Waals surface area contributed by atoms with Crippen molar-refractivity contribution >= 4 is 11.7 Å². The highest BCUT2D eigenvalue weighted by Gasteiger charge is 2.16. The third kappa shape index (κ3) is 2.43. The minimum Gasteiger partial charge on any atom is -0.382 e. The minimum atomic E-state index is -0.0443. The van der Waals surface area contributed by atoms with Crippen molar-refractivity contribution in [3.63, 3.8) is 0 Å². The van der Waals surface area contributed by atoms with Crippen LogP contribution in [0.5, 0.6) is 0 Å². The summed E-state index contributed by atoms with van der Waals surface area (Å²) in [4.78, 5) is 10.4. The van der Waals surface area contributed by atoms with Crippen molar-refractivity contribution in [1.29, 1.82) is 5.41 Å². The number of aromatic nitrogens is 2. The molecule has 0 bridgehead atoms. The van der Waals surface area contributed by atoms with Gasteiger partial charge in [0.2, 0.25) is 0 Å². The molecule has 1 aromatic heterocycles. The van der Waals surface area contributed by atoms with Crippen LogP contribution in [0.3, 0.4) is 0 Å². The van der Waals surface area contributed by atoms with Gasteiger partial charge in [-0.15, -0.1) is 0 Å². The number of amidine groups is 1. The highest BCUT2D eigenvalue weighted by atomic mass is 15.2. The molecule has 1 aromatic rings. The van der Waals surface area contributed by atoms with Crippen LogP contribution in [0.15, 0.2) is 12.4 Å². The Kier molecular flexibility index (Phi) is 3.60. The van der Waals surface area contributed by atoms with Gasteiger partial charge in [-0.3, -0.25) is 5.41 Å². The van der Waals surface area contributed by atoms with Gasteiger partial charge < -0.3 is 10.6 Å². The molecular formula is C10H17N5. The van der Waals surface area contributed by atoms with Crippen molar-refractivity contribution in [3.8, 4) is 0 Å². The number of hydrogen-bond donors (Lipinski definition) is 2. The van der Waals surface area contributed by atoms with E-state index in [0.29, 0.717) is 17.6 Å². The molecule has 0 aliphatic rings. The molecule has 0 saturated carbocycles. The summed E-state index contributed by atoms with van der Waals surface area (Å²) in [6.45, 7) is 7.00. The van der Waals surface area contributed by atoms with E-state index >= 15 is 0 Å². The maximum atomic E-state index is 7.43. The summed E-state index contributed by atoms with van der Waals surface area (Å²) >= 11 is 0. The SMILES string of the molecule is CCN(c1nccnc1C(=N)N)C(C)C. The minimum absolute atomic E-state index is 0.0443. The first-order valence-electron chi connectivity index (χ1n) is 5.00. The fraction of sp³-hybridized carbons (Fsp3) is 0.500. The average Bonchev–Trinajstić information content (AvgIpc) is 2.18. The zero-order chi connectivity index (χ0) is 11.4. The van der Waals surface area contributed by atoms with Crippen molar-refractivity contribution in [2.45, 2.75) is 26.8 Å². The van der Waals surface area contributed by atoms with Gasteiger partial charge >= 0.3 is 0 Å². The molecule has 0 aliphatic carbocycles. The Bertz CT molecular complexity index is 347. The molecule has 5 heteroatoms. The molecule has 0 saturated heterocycles. The second kappa shape index (κ2) is 4.72. The average molecular weight is 207 g/mol. The summed E-state index contributed by atoms with van der Waals surface area (Å²) in [5.41, 5.74) is 5.91. The van der Waals surface area contributed by atoms with Crippen LogP contribution in [-0.2, 0) is 0 Å². The fourth-order valence-electron chi connectivity index (χ4n) is 1.49. The summed E-state index contributed by atoms with van der Waals surface area (Å²) in [5.74, 6) is 0.639. The Labute approximate surface area is 89.8 Å². The lowest BCUT2D eigenvalue weighted by Gasteiger charge is -2.27. The molecule has 0 aliphatic heterocycles. The molecule has 0 amide bonds. The van der Waals surface area contributed by atoms with E-state index in [1.165, 1.54) is 0 Å². The summed E-state index contributed by atoms with van der Waals surface area (Å²) in [7, 11) is 0. The van der Waals surface area contributed by atoms with E-state index in [9.17, 15) is 0 Å². The van der Waals surface area contributed by atoms with E-state index in [-0.39, 0.29) is 5.84 Å². The first-order valence-corrected chi connectivity index (χ1v) is 5.00. The van der Waals surface area contributed by atoms with E-state index in [0.717, 1.165) is 6.54 Å². The fourth-order valence-corrected chi connectivity index (χ4v) is 1.49. The van der Waals surface area contributed by atoms with Gasteiger partial charge in [-0.05, 0) is 20.8 Å². The molecule has 15 heavy (non-hydrogen) atoms. The summed E-state index contributed by atoms with van der Waals surface area (Å²) in [6, 6.07) is 0.310. The molecule has 0 unspecified atom stereocenters. The van der Waals surface area contributed by atoms with Gasteiger partial charge in [0.05, 0.1) is 0 Å². The van der Waals surface area contributed by atoms with Gasteiger partial charge in [0, 0.05) is 25.0 Å². The number of hydrogen-bond acceptors (Lipinski definition) is 4. The van der Waals surface area contributed by atoms with Gasteiger partial charge in [-0.2, -0.15) is 0 Å². The molecule has 82 valence electrons. The molecule has 0 fully saturated rings. The van der Waals surface area contributed by atoms with Gasteiger partial charge in [0.15, 0.2) is 5.82 Å². The summed E-state index contributed by atoms with van der Waals surface area (Å²) in [5, 5.41) is 7.43. The van der Waals surface area contributed by atoms with Crippen molar-refractivity contribution in [2.75, 3.05) is 11.4 Å². The summed E-state index contributed by atoms with van der Waals surface area (Å²) < 4.78 is 0. The summed E-state index contributed by atoms with van der Waals surface area (Å²) in [6.07, 6.45) is 3.17. The number of nitrogens with two attached hydrogens (primary N) is 1. The maximum Gasteiger partial charge on any atom is 0.158 e. The molecule has 1 rings (SSSR count). The van der Waals surface area contributed by atoms with Crippen LogP contribution < -0.4 is 10.6 Å². The Morgan fingerprint density at radius 3 is 2.53 bits per heavy atom. The van der Waals surface area contributed by atoms with Gasteiger partial charge in [-0.1, -0.05) is 0 Å². The topological polar surface area (TPSA) is 78.9 Å². The van der Waals surface area contributed by atoms with E-state index < -0.39 is 0 Å². The molecule has 0 atom stereocenters. The van der Waals surface area contributed by atoms with E-state index in [2.05, 4.69) is 28.7 Å². The Balaban J connectivity index is 3.16. The van der Waals surface area contributed by atoms with Gasteiger partial charge in [-0.25, -0.2) is 9.97 Å². The lowest BCUT2D eigenvalue weighted by Crippen LogP contribution is -2.33. The molecule has 0 radical (unpaired) electrons. The third-order valence-corrected chi connectivity index (χ3v) is 2.17. The molecule has 0 aromatic carbocycles. The van der Waals surface area contributed by atoms with Crippen LogP contribution >= 0.6 is 0 Å². The van der Waals surface area contributed by atoms with E-state index in [1.807, 2.05) is 6.92 Å². The zero-order valence-electron chi connectivity index (χ0n) is 9.36. The normalized spacial score (nSPS) is 10.4. The van der Waals surface area contributed by atoms with Crippen molar-refractivity contribution < 1.29 is 0 Å². The number of rotatable bonds is 4. The van der Waals surface area contributed by atoms with Crippen molar-refractivity contribution in [2.24, 2.45) is 5.73 Å². The second-order valence-electron chi connectivity index (χ2n) is 3.52. The van der Waals surface area contributed by atoms with Crippen molar-refractivity contribution in [3.05, 3.63) is 18.1 Å².